The lowest BCUT2D eigenvalue weighted by atomic mass is 10.1. The number of aromatic nitrogens is 2. The average molecular weight is 268 g/mol. The van der Waals surface area contributed by atoms with E-state index in [1.54, 1.807) is 0 Å². The normalized spacial score (nSPS) is 27.2. The van der Waals surface area contributed by atoms with Crippen LogP contribution >= 0.6 is 11.8 Å². The van der Waals surface area contributed by atoms with Crippen LogP contribution in [0.15, 0.2) is 39.7 Å². The molecule has 0 saturated carbocycles. The molecule has 0 spiro atoms. The third kappa shape index (κ3) is 2.09. The van der Waals surface area contributed by atoms with Gasteiger partial charge in [-0.25, -0.2) is 4.79 Å². The van der Waals surface area contributed by atoms with Crippen molar-refractivity contribution < 1.29 is 10.2 Å². The molecular weight excluding hydrogens is 256 g/mol. The Morgan fingerprint density at radius 3 is 2.83 bits per heavy atom. The van der Waals surface area contributed by atoms with E-state index in [9.17, 15) is 14.7 Å². The van der Waals surface area contributed by atoms with Crippen LogP contribution in [0.25, 0.3) is 0 Å². The van der Waals surface area contributed by atoms with Gasteiger partial charge in [-0.2, -0.15) is 0 Å². The molecule has 0 aromatic carbocycles. The van der Waals surface area contributed by atoms with Crippen molar-refractivity contribution in [2.75, 3.05) is 6.61 Å². The summed E-state index contributed by atoms with van der Waals surface area (Å²) in [5.74, 6) is 0. The van der Waals surface area contributed by atoms with Crippen LogP contribution in [-0.2, 0) is 0 Å². The number of rotatable bonds is 2. The van der Waals surface area contributed by atoms with Crippen LogP contribution in [0.5, 0.6) is 0 Å². The summed E-state index contributed by atoms with van der Waals surface area (Å²) in [6, 6.07) is 1.22. The number of nitrogens with zero attached hydrogens (tertiary/aromatic N) is 1. The van der Waals surface area contributed by atoms with Gasteiger partial charge in [-0.15, -0.1) is 17.5 Å². The smallest absolute Gasteiger partial charge is 0.329 e. The van der Waals surface area contributed by atoms with E-state index in [1.165, 1.54) is 28.6 Å². The Balaban J connectivity index is 2.48. The van der Waals surface area contributed by atoms with Gasteiger partial charge in [-0.1, -0.05) is 6.58 Å². The highest BCUT2D eigenvalue weighted by Crippen LogP contribution is 2.44. The van der Waals surface area contributed by atoms with Gasteiger partial charge in [-0.3, -0.25) is 14.3 Å². The van der Waals surface area contributed by atoms with Crippen LogP contribution in [0.2, 0.25) is 0 Å². The van der Waals surface area contributed by atoms with E-state index < -0.39 is 28.0 Å². The van der Waals surface area contributed by atoms with Crippen molar-refractivity contribution >= 4 is 11.8 Å². The molecule has 96 valence electrons. The van der Waals surface area contributed by atoms with Gasteiger partial charge in [0.2, 0.25) is 0 Å². The monoisotopic (exact) mass is 268 g/mol. The molecule has 1 aliphatic heterocycles. The first kappa shape index (κ1) is 12.9. The summed E-state index contributed by atoms with van der Waals surface area (Å²) < 4.78 is 1.28. The Morgan fingerprint density at radius 2 is 2.28 bits per heavy atom. The van der Waals surface area contributed by atoms with E-state index in [0.717, 1.165) is 0 Å². The summed E-state index contributed by atoms with van der Waals surface area (Å²) in [6.45, 7) is 3.26. The quantitative estimate of drug-likeness (QED) is 0.611. The number of hydrogen-bond donors (Lipinski definition) is 3. The highest BCUT2D eigenvalue weighted by molar-refractivity contribution is 8.00. The van der Waals surface area contributed by atoms with Crippen molar-refractivity contribution in [3.05, 3.63) is 51.0 Å². The lowest BCUT2D eigenvalue weighted by Crippen LogP contribution is -2.30. The Kier molecular flexibility index (Phi) is 3.58. The SMILES string of the molecule is C=C=C1C(O)[C@H](CO)S[C@H]1n1ccc(=O)[nH]c1=O. The third-order valence-electron chi connectivity index (χ3n) is 2.73. The van der Waals surface area contributed by atoms with Gasteiger partial charge in [0, 0.05) is 17.8 Å². The molecule has 0 aliphatic carbocycles. The van der Waals surface area contributed by atoms with Gasteiger partial charge >= 0.3 is 5.69 Å². The first-order valence-electron chi connectivity index (χ1n) is 5.24. The molecule has 1 fully saturated rings. The zero-order valence-corrected chi connectivity index (χ0v) is 10.2. The lowest BCUT2D eigenvalue weighted by molar-refractivity contribution is 0.171. The van der Waals surface area contributed by atoms with Gasteiger partial charge in [0.05, 0.1) is 18.0 Å². The summed E-state index contributed by atoms with van der Waals surface area (Å²) >= 11 is 1.23. The fourth-order valence-electron chi connectivity index (χ4n) is 1.82. The van der Waals surface area contributed by atoms with E-state index in [0.29, 0.717) is 5.57 Å². The fraction of sp³-hybridized carbons (Fsp3) is 0.364. The number of nitrogens with one attached hydrogen (secondary N) is 1. The van der Waals surface area contributed by atoms with Crippen molar-refractivity contribution in [2.45, 2.75) is 16.7 Å². The standard InChI is InChI=1S/C11H12N2O4S/c1-2-6-9(16)7(5-14)18-10(6)13-4-3-8(15)12-11(13)17/h3-4,7,9-10,14,16H,1,5H2,(H,12,15,17)/t7-,9?,10+/m0/s1. The molecule has 1 saturated heterocycles. The molecular formula is C11H12N2O4S. The lowest BCUT2D eigenvalue weighted by Gasteiger charge is -2.13. The van der Waals surface area contributed by atoms with Crippen molar-refractivity contribution in [3.63, 3.8) is 0 Å². The summed E-state index contributed by atoms with van der Waals surface area (Å²) in [7, 11) is 0. The molecule has 18 heavy (non-hydrogen) atoms. The predicted octanol–water partition coefficient (Wildman–Crippen LogP) is -0.785. The van der Waals surface area contributed by atoms with Crippen LogP contribution < -0.4 is 11.2 Å². The van der Waals surface area contributed by atoms with Gasteiger partial charge in [0.25, 0.3) is 5.56 Å². The first-order chi connectivity index (χ1) is 8.58. The minimum atomic E-state index is -0.902. The summed E-state index contributed by atoms with van der Waals surface area (Å²) in [4.78, 5) is 24.8. The van der Waals surface area contributed by atoms with Crippen LogP contribution in [0.4, 0.5) is 0 Å². The number of hydrogen-bond acceptors (Lipinski definition) is 5. The zero-order chi connectivity index (χ0) is 13.3. The number of aliphatic hydroxyl groups excluding tert-OH is 2. The fourth-order valence-corrected chi connectivity index (χ4v) is 3.20. The second-order valence-corrected chi connectivity index (χ2v) is 5.13. The maximum Gasteiger partial charge on any atom is 0.329 e. The largest absolute Gasteiger partial charge is 0.395 e. The molecule has 0 bridgehead atoms. The average Bonchev–Trinajstić information content (AvgIpc) is 2.65. The maximum atomic E-state index is 11.7. The zero-order valence-electron chi connectivity index (χ0n) is 9.37. The van der Waals surface area contributed by atoms with E-state index in [4.69, 9.17) is 5.11 Å². The number of aliphatic hydroxyl groups is 2. The van der Waals surface area contributed by atoms with E-state index in [-0.39, 0.29) is 6.61 Å². The number of aromatic amines is 1. The van der Waals surface area contributed by atoms with E-state index in [1.807, 2.05) is 0 Å². The number of H-pyrrole nitrogens is 1. The highest BCUT2D eigenvalue weighted by Gasteiger charge is 2.39. The molecule has 1 aromatic rings. The van der Waals surface area contributed by atoms with Crippen LogP contribution in [0.1, 0.15) is 5.37 Å². The van der Waals surface area contributed by atoms with E-state index >= 15 is 0 Å². The van der Waals surface area contributed by atoms with Crippen molar-refractivity contribution in [3.8, 4) is 0 Å². The summed E-state index contributed by atoms with van der Waals surface area (Å²) in [5, 5.41) is 18.1. The molecule has 1 aliphatic rings. The van der Waals surface area contributed by atoms with Gasteiger partial charge in [-0.05, 0) is 0 Å². The predicted molar refractivity (Wildman–Crippen MR) is 67.5 cm³/mol. The van der Waals surface area contributed by atoms with Crippen molar-refractivity contribution in [1.82, 2.24) is 9.55 Å². The second kappa shape index (κ2) is 4.99. The van der Waals surface area contributed by atoms with Gasteiger partial charge in [0.1, 0.15) is 5.37 Å². The topological polar surface area (TPSA) is 95.3 Å². The Hall–Kier alpha value is -1.53. The Labute approximate surface area is 106 Å². The van der Waals surface area contributed by atoms with Gasteiger partial charge in [0.15, 0.2) is 0 Å². The summed E-state index contributed by atoms with van der Waals surface area (Å²) in [5.41, 5.74) is 1.97. The third-order valence-corrected chi connectivity index (χ3v) is 4.22. The molecule has 3 atom stereocenters. The molecule has 3 N–H and O–H groups in total. The van der Waals surface area contributed by atoms with Crippen LogP contribution in [0, 0.1) is 0 Å². The molecule has 0 radical (unpaired) electrons. The van der Waals surface area contributed by atoms with Crippen LogP contribution in [-0.4, -0.2) is 37.7 Å². The molecule has 2 heterocycles. The van der Waals surface area contributed by atoms with Crippen molar-refractivity contribution in [2.24, 2.45) is 0 Å². The molecule has 2 rings (SSSR count). The van der Waals surface area contributed by atoms with Gasteiger partial charge < -0.3 is 10.2 Å². The molecule has 6 nitrogen and oxygen atoms in total. The van der Waals surface area contributed by atoms with E-state index in [2.05, 4.69) is 17.3 Å². The molecule has 7 heteroatoms. The van der Waals surface area contributed by atoms with Crippen LogP contribution in [0.3, 0.4) is 0 Å². The maximum absolute atomic E-state index is 11.7. The molecule has 0 amide bonds. The minimum absolute atomic E-state index is 0.217. The highest BCUT2D eigenvalue weighted by atomic mass is 32.2. The Bertz CT molecular complexity index is 614. The summed E-state index contributed by atoms with van der Waals surface area (Å²) in [6.07, 6.45) is 0.448. The molecule has 1 aromatic heterocycles. The number of thioether (sulfide) groups is 1. The van der Waals surface area contributed by atoms with Crippen molar-refractivity contribution in [1.29, 1.82) is 0 Å². The molecule has 1 unspecified atom stereocenters. The Morgan fingerprint density at radius 1 is 1.56 bits per heavy atom. The first-order valence-corrected chi connectivity index (χ1v) is 6.18. The second-order valence-electron chi connectivity index (χ2n) is 3.80. The minimum Gasteiger partial charge on any atom is -0.395 e.